The van der Waals surface area contributed by atoms with Gasteiger partial charge in [-0.05, 0) is 114 Å². The lowest BCUT2D eigenvalue weighted by Gasteiger charge is -2.42. The van der Waals surface area contributed by atoms with Crippen LogP contribution in [0.2, 0.25) is 0 Å². The Labute approximate surface area is 556 Å². The van der Waals surface area contributed by atoms with Crippen molar-refractivity contribution in [2.45, 2.75) is 208 Å². The molecule has 0 fully saturated rings. The van der Waals surface area contributed by atoms with Crippen molar-refractivity contribution in [2.75, 3.05) is 27.2 Å². The number of carbonyl (C=O) groups excluding carboxylic acids is 10. The summed E-state index contributed by atoms with van der Waals surface area (Å²) in [6, 6.07) is 20.7. The summed E-state index contributed by atoms with van der Waals surface area (Å²) in [6.07, 6.45) is 5.35. The minimum absolute atomic E-state index is 0.00743. The molecule has 0 aliphatic carbocycles. The molecule has 0 radical (unpaired) electrons. The van der Waals surface area contributed by atoms with E-state index in [1.54, 1.807) is 93.6 Å². The van der Waals surface area contributed by atoms with Crippen molar-refractivity contribution in [3.8, 4) is 0 Å². The van der Waals surface area contributed by atoms with Crippen LogP contribution in [0.5, 0.6) is 0 Å². The van der Waals surface area contributed by atoms with E-state index in [9.17, 15) is 56.4 Å². The van der Waals surface area contributed by atoms with Crippen LogP contribution in [0.1, 0.15) is 171 Å². The molecule has 5 atom stereocenters. The molecule has 3 aromatic carbocycles. The summed E-state index contributed by atoms with van der Waals surface area (Å²) in [5.74, 6) is -5.65. The number of imide groups is 1. The predicted molar refractivity (Wildman–Crippen MR) is 360 cm³/mol. The van der Waals surface area contributed by atoms with E-state index in [2.05, 4.69) is 26.0 Å². The van der Waals surface area contributed by atoms with E-state index < -0.39 is 104 Å². The fourth-order valence-electron chi connectivity index (χ4n) is 10.8. The van der Waals surface area contributed by atoms with Crippen molar-refractivity contribution >= 4 is 69.3 Å². The number of hydrogen-bond acceptors (Lipinski definition) is 14. The van der Waals surface area contributed by atoms with Crippen LogP contribution in [0.4, 0.5) is 9.59 Å². The monoisotopic (exact) mass is 1320 g/mol. The molecule has 0 bridgehead atoms. The van der Waals surface area contributed by atoms with Crippen molar-refractivity contribution in [1.82, 2.24) is 40.7 Å². The number of carbonyl (C=O) groups is 10. The zero-order chi connectivity index (χ0) is 70.5. The lowest BCUT2D eigenvalue weighted by molar-refractivity contribution is -0.142. The third-order valence-electron chi connectivity index (χ3n) is 15.9. The van der Waals surface area contributed by atoms with Crippen LogP contribution in [0, 0.1) is 17.3 Å². The van der Waals surface area contributed by atoms with Crippen molar-refractivity contribution in [3.63, 3.8) is 0 Å². The zero-order valence-corrected chi connectivity index (χ0v) is 58.8. The van der Waals surface area contributed by atoms with E-state index in [0.717, 1.165) is 16.0 Å². The van der Waals surface area contributed by atoms with Crippen LogP contribution < -0.4 is 26.0 Å². The average molecular weight is 1320 g/mol. The molecule has 94 heavy (non-hydrogen) atoms. The van der Waals surface area contributed by atoms with Crippen molar-refractivity contribution < 1.29 is 65.8 Å². The van der Waals surface area contributed by atoms with Gasteiger partial charge in [0.15, 0.2) is 5.78 Å². The number of ketones is 1. The van der Waals surface area contributed by atoms with Crippen LogP contribution in [-0.2, 0) is 82.0 Å². The summed E-state index contributed by atoms with van der Waals surface area (Å²) < 4.78 is 40.4. The highest BCUT2D eigenvalue weighted by atomic mass is 32.2. The predicted octanol–water partition coefficient (Wildman–Crippen LogP) is 8.91. The van der Waals surface area contributed by atoms with Gasteiger partial charge in [-0.25, -0.2) is 22.7 Å². The molecule has 1 aliphatic heterocycles. The largest absolute Gasteiger partial charge is 0.444 e. The van der Waals surface area contributed by atoms with Crippen molar-refractivity contribution in [2.24, 2.45) is 17.3 Å². The van der Waals surface area contributed by atoms with Gasteiger partial charge >= 0.3 is 12.2 Å². The topological polar surface area (TPSA) is 293 Å². The van der Waals surface area contributed by atoms with E-state index in [4.69, 9.17) is 9.47 Å². The molecule has 516 valence electrons. The van der Waals surface area contributed by atoms with Crippen LogP contribution in [0.3, 0.4) is 0 Å². The summed E-state index contributed by atoms with van der Waals surface area (Å²) >= 11 is 0. The van der Waals surface area contributed by atoms with Crippen molar-refractivity contribution in [1.29, 1.82) is 0 Å². The number of likely N-dealkylation sites (N-methyl/N-ethyl adjacent to an activating group) is 2. The lowest BCUT2D eigenvalue weighted by atomic mass is 9.76. The van der Waals surface area contributed by atoms with Gasteiger partial charge in [0.25, 0.3) is 17.7 Å². The Morgan fingerprint density at radius 2 is 1.22 bits per heavy atom. The summed E-state index contributed by atoms with van der Waals surface area (Å²) in [5.41, 5.74) is -0.929. The molecule has 22 nitrogen and oxygen atoms in total. The number of nitrogens with zero attached hydrogens (tertiary/aromatic N) is 3. The summed E-state index contributed by atoms with van der Waals surface area (Å²) in [7, 11) is -1.27. The Morgan fingerprint density at radius 1 is 0.649 bits per heavy atom. The Bertz CT molecular complexity index is 3270. The molecule has 4 rings (SSSR count). The van der Waals surface area contributed by atoms with E-state index >= 15 is 0 Å². The first-order valence-electron chi connectivity index (χ1n) is 32.2. The summed E-state index contributed by atoms with van der Waals surface area (Å²) in [4.78, 5) is 139. The number of benzene rings is 3. The third kappa shape index (κ3) is 25.6. The van der Waals surface area contributed by atoms with E-state index in [1.807, 2.05) is 88.4 Å². The van der Waals surface area contributed by atoms with Gasteiger partial charge in [-0.2, -0.15) is 0 Å². The Balaban J connectivity index is 1.45. The molecule has 0 saturated carbocycles. The standard InChI is InChI=1S/C71H102N8O14S/c1-47(2)55(77(15)65(87)60(68(4,5)6)75-64(86)61(78(16)67(89)93-70(10,11)12)71(13,14)53-31-22-18-23-32-53)42-48(3)62(84)76-94(90,91)46-51-36-34-50(35-37-51)45-73-63(85)52(30-25-26-40-72-66(88)92-69(7,8)9)44-56(80)54(43-49-28-20-17-21-29-49)74-57(81)33-24-19-27-41-79-58(82)38-39-59(79)83/h17-18,20-23,28-29,31-32,34-39,42,47,52,54-55,60-61H,19,24-27,30,33,40-41,43-46H2,1-16H3,(H,72,88)(H,73,85)(H,74,81)(H,75,86)(H,76,84)/b48-42+/t52-,54+,55-,60-,61-/m1/s1. The molecule has 1 aliphatic rings. The molecular weight excluding hydrogens is 1220 g/mol. The Kier molecular flexibility index (Phi) is 29.0. The van der Waals surface area contributed by atoms with E-state index in [-0.39, 0.29) is 80.3 Å². The normalized spacial score (nSPS) is 14.6. The number of alkyl carbamates (subject to hydrolysis) is 1. The average Bonchev–Trinajstić information content (AvgIpc) is 0.878. The molecule has 3 aromatic rings. The van der Waals surface area contributed by atoms with E-state index in [0.29, 0.717) is 43.2 Å². The Hall–Kier alpha value is -8.21. The second-order valence-electron chi connectivity index (χ2n) is 28.2. The minimum atomic E-state index is -4.31. The second kappa shape index (κ2) is 34.8. The van der Waals surface area contributed by atoms with Gasteiger partial charge in [-0.1, -0.05) is 152 Å². The number of amides is 9. The highest BCUT2D eigenvalue weighted by molar-refractivity contribution is 7.89. The van der Waals surface area contributed by atoms with Gasteiger partial charge < -0.3 is 35.6 Å². The number of ether oxygens (including phenoxy) is 2. The fourth-order valence-corrected chi connectivity index (χ4v) is 11.9. The first-order valence-corrected chi connectivity index (χ1v) is 33.9. The number of hydrogen-bond donors (Lipinski definition) is 5. The second-order valence-corrected chi connectivity index (χ2v) is 29.9. The van der Waals surface area contributed by atoms with Gasteiger partial charge in [0.05, 0.1) is 17.8 Å². The summed E-state index contributed by atoms with van der Waals surface area (Å²) in [5, 5.41) is 11.5. The highest BCUT2D eigenvalue weighted by Gasteiger charge is 2.46. The smallest absolute Gasteiger partial charge is 0.410 e. The van der Waals surface area contributed by atoms with Crippen LogP contribution in [-0.4, -0.2) is 145 Å². The zero-order valence-electron chi connectivity index (χ0n) is 57.9. The SMILES string of the molecule is C/C(=C\[C@H](C(C)C)N(C)C(=O)[C@@H](NC(=O)[C@@H](N(C)C(=O)OC(C)(C)C)C(C)(C)c1ccccc1)C(C)(C)C)C(=O)NS(=O)(=O)Cc1ccc(CNC(=O)[C@H](CCCCNC(=O)OC(C)(C)C)CC(=O)[C@H](Cc2ccccc2)NC(=O)CCCCCN2C(=O)C=CC2=O)cc1. The fraction of sp³-hybridized carbons (Fsp3) is 0.549. The molecule has 1 heterocycles. The number of unbranched alkanes of at least 4 members (excludes halogenated alkanes) is 3. The molecule has 0 saturated heterocycles. The van der Waals surface area contributed by atoms with Crippen LogP contribution >= 0.6 is 0 Å². The van der Waals surface area contributed by atoms with Crippen molar-refractivity contribution in [3.05, 3.63) is 131 Å². The van der Waals surface area contributed by atoms with Gasteiger partial charge in [-0.15, -0.1) is 0 Å². The van der Waals surface area contributed by atoms with Gasteiger partial charge in [0, 0.05) is 75.6 Å². The maximum absolute atomic E-state index is 14.7. The van der Waals surface area contributed by atoms with Gasteiger partial charge in [0.2, 0.25) is 33.7 Å². The third-order valence-corrected chi connectivity index (χ3v) is 17.1. The molecule has 23 heteroatoms. The van der Waals surface area contributed by atoms with Gasteiger partial charge in [0.1, 0.15) is 23.3 Å². The first-order chi connectivity index (χ1) is 43.7. The number of rotatable bonds is 33. The van der Waals surface area contributed by atoms with E-state index in [1.165, 1.54) is 42.0 Å². The lowest BCUT2D eigenvalue weighted by Crippen LogP contribution is -2.63. The maximum Gasteiger partial charge on any atom is 0.410 e. The Morgan fingerprint density at radius 3 is 1.79 bits per heavy atom. The van der Waals surface area contributed by atoms with Crippen LogP contribution in [0.25, 0.3) is 0 Å². The minimum Gasteiger partial charge on any atom is -0.444 e. The quantitative estimate of drug-likeness (QED) is 0.0216. The number of Topliss-reactive ketones (excluding diaryl/α,β-unsaturated/α-hetero) is 1. The molecular formula is C71H102N8O14S. The van der Waals surface area contributed by atoms with Gasteiger partial charge in [-0.3, -0.25) is 48.2 Å². The van der Waals surface area contributed by atoms with Crippen LogP contribution in [0.15, 0.2) is 109 Å². The molecule has 0 spiro atoms. The molecule has 9 amide bonds. The number of sulfonamides is 1. The maximum atomic E-state index is 14.7. The summed E-state index contributed by atoms with van der Waals surface area (Å²) in [6.45, 7) is 25.1. The molecule has 5 N–H and O–H groups in total. The molecule has 0 aromatic heterocycles. The number of nitrogens with one attached hydrogen (secondary N) is 5. The first kappa shape index (κ1) is 78.2. The highest BCUT2D eigenvalue weighted by Crippen LogP contribution is 2.33. The molecule has 0 unspecified atom stereocenters.